The third kappa shape index (κ3) is 5.11. The van der Waals surface area contributed by atoms with Gasteiger partial charge in [0.05, 0.1) is 15.1 Å². The summed E-state index contributed by atoms with van der Waals surface area (Å²) in [6.45, 7) is 9.22. The molecule has 0 aliphatic heterocycles. The quantitative estimate of drug-likeness (QED) is 0.611. The van der Waals surface area contributed by atoms with Crippen molar-refractivity contribution in [2.24, 2.45) is 0 Å². The van der Waals surface area contributed by atoms with E-state index in [0.29, 0.717) is 17.9 Å². The molecule has 0 unspecified atom stereocenters. The van der Waals surface area contributed by atoms with Crippen molar-refractivity contribution in [1.82, 2.24) is 0 Å². The maximum Gasteiger partial charge on any atom is 0.0767 e. The molecule has 0 saturated carbocycles. The Balaban J connectivity index is 4.13. The Morgan fingerprint density at radius 2 is 1.71 bits per heavy atom. The zero-order valence-electron chi connectivity index (χ0n) is 8.71. The van der Waals surface area contributed by atoms with Crippen LogP contribution in [0.15, 0.2) is 11.6 Å². The average molecular weight is 278 g/mol. The summed E-state index contributed by atoms with van der Waals surface area (Å²) in [5.41, 5.74) is 0. The summed E-state index contributed by atoms with van der Waals surface area (Å²) in [6.07, 6.45) is 1.38. The van der Waals surface area contributed by atoms with Crippen molar-refractivity contribution in [3.63, 3.8) is 0 Å². The van der Waals surface area contributed by atoms with Gasteiger partial charge in [-0.25, -0.2) is 0 Å². The van der Waals surface area contributed by atoms with Crippen molar-refractivity contribution in [2.45, 2.75) is 48.7 Å². The molecule has 0 heterocycles. The van der Waals surface area contributed by atoms with Gasteiger partial charge in [0.15, 0.2) is 0 Å². The fraction of sp³-hybridized carbons (Fsp3) is 0.800. The van der Waals surface area contributed by atoms with Crippen LogP contribution in [0.25, 0.3) is 0 Å². The van der Waals surface area contributed by atoms with Crippen LogP contribution in [0.3, 0.4) is 0 Å². The van der Waals surface area contributed by atoms with Crippen molar-refractivity contribution in [2.75, 3.05) is 0 Å². The lowest BCUT2D eigenvalue weighted by molar-refractivity contribution is 0.543. The van der Waals surface area contributed by atoms with E-state index in [9.17, 15) is 0 Å². The van der Waals surface area contributed by atoms with Crippen LogP contribution in [-0.4, -0.2) is 15.1 Å². The van der Waals surface area contributed by atoms with Crippen molar-refractivity contribution in [3.8, 4) is 0 Å². The minimum Gasteiger partial charge on any atom is -0.121 e. The second-order valence-corrected chi connectivity index (χ2v) is 6.96. The summed E-state index contributed by atoms with van der Waals surface area (Å²) in [5, 5.41) is 0.314. The standard InChI is InChI=1S/C10H16Cl4/c1-7(11)10(4,14)6-5-8(12)9(2,3)13/h8H,1,5-6H2,2-4H3/t8-,10-/m1/s1. The largest absolute Gasteiger partial charge is 0.121 e. The molecule has 14 heavy (non-hydrogen) atoms. The van der Waals surface area contributed by atoms with Gasteiger partial charge in [0.2, 0.25) is 0 Å². The summed E-state index contributed by atoms with van der Waals surface area (Å²) in [6, 6.07) is 0. The molecule has 0 N–H and O–H groups in total. The highest BCUT2D eigenvalue weighted by atomic mass is 35.5. The lowest BCUT2D eigenvalue weighted by Crippen LogP contribution is -2.28. The highest BCUT2D eigenvalue weighted by Crippen LogP contribution is 2.35. The second kappa shape index (κ2) is 5.30. The molecule has 0 aromatic heterocycles. The monoisotopic (exact) mass is 276 g/mol. The zero-order valence-corrected chi connectivity index (χ0v) is 11.7. The predicted molar refractivity (Wildman–Crippen MR) is 68.1 cm³/mol. The first kappa shape index (κ1) is 14.9. The predicted octanol–water partition coefficient (Wildman–Crippen LogP) is 5.14. The molecule has 0 amide bonds. The number of hydrogen-bond donors (Lipinski definition) is 0. The smallest absolute Gasteiger partial charge is 0.0767 e. The Bertz CT molecular complexity index is 203. The summed E-state index contributed by atoms with van der Waals surface area (Å²) >= 11 is 24.1. The van der Waals surface area contributed by atoms with E-state index in [1.165, 1.54) is 0 Å². The van der Waals surface area contributed by atoms with Crippen LogP contribution in [-0.2, 0) is 0 Å². The van der Waals surface area contributed by atoms with Crippen molar-refractivity contribution in [1.29, 1.82) is 0 Å². The molecular formula is C10H16Cl4. The lowest BCUT2D eigenvalue weighted by Gasteiger charge is -2.27. The molecule has 0 fully saturated rings. The molecule has 0 aliphatic carbocycles. The van der Waals surface area contributed by atoms with Gasteiger partial charge in [-0.3, -0.25) is 0 Å². The third-order valence-corrected chi connectivity index (χ3v) is 4.25. The highest BCUT2D eigenvalue weighted by Gasteiger charge is 2.29. The third-order valence-electron chi connectivity index (χ3n) is 2.18. The van der Waals surface area contributed by atoms with E-state index in [1.807, 2.05) is 20.8 Å². The Kier molecular flexibility index (Phi) is 5.64. The maximum absolute atomic E-state index is 6.13. The van der Waals surface area contributed by atoms with Gasteiger partial charge < -0.3 is 0 Å². The molecule has 0 aliphatic rings. The lowest BCUT2D eigenvalue weighted by atomic mass is 9.98. The van der Waals surface area contributed by atoms with Crippen molar-refractivity contribution < 1.29 is 0 Å². The maximum atomic E-state index is 6.13. The van der Waals surface area contributed by atoms with Crippen molar-refractivity contribution in [3.05, 3.63) is 11.6 Å². The molecule has 0 aromatic rings. The van der Waals surface area contributed by atoms with Gasteiger partial charge in [0.25, 0.3) is 0 Å². The Morgan fingerprint density at radius 1 is 1.29 bits per heavy atom. The summed E-state index contributed by atoms with van der Waals surface area (Å²) in [7, 11) is 0. The molecule has 0 nitrogen and oxygen atoms in total. The first-order valence-corrected chi connectivity index (χ1v) is 6.01. The number of alkyl halides is 3. The normalized spacial score (nSPS) is 18.8. The second-order valence-electron chi connectivity index (χ2n) is 4.17. The number of halogens is 4. The minimum absolute atomic E-state index is 0.127. The SMILES string of the molecule is C=C(Cl)[C@](C)(Cl)CC[C@@H](Cl)C(C)(C)Cl. The molecule has 0 saturated heterocycles. The molecule has 84 valence electrons. The van der Waals surface area contributed by atoms with E-state index in [-0.39, 0.29) is 5.38 Å². The van der Waals surface area contributed by atoms with E-state index in [4.69, 9.17) is 46.4 Å². The van der Waals surface area contributed by atoms with Gasteiger partial charge in [-0.15, -0.1) is 34.8 Å². The average Bonchev–Trinajstić information content (AvgIpc) is 1.98. The number of hydrogen-bond acceptors (Lipinski definition) is 0. The van der Waals surface area contributed by atoms with E-state index in [1.54, 1.807) is 0 Å². The van der Waals surface area contributed by atoms with Crippen LogP contribution < -0.4 is 0 Å². The summed E-state index contributed by atoms with van der Waals surface area (Å²) in [5.74, 6) is 0. The van der Waals surface area contributed by atoms with Crippen LogP contribution in [0.4, 0.5) is 0 Å². The minimum atomic E-state index is -0.600. The molecule has 0 aromatic carbocycles. The summed E-state index contributed by atoms with van der Waals surface area (Å²) < 4.78 is 0. The van der Waals surface area contributed by atoms with E-state index < -0.39 is 9.75 Å². The molecule has 2 atom stereocenters. The van der Waals surface area contributed by atoms with Crippen LogP contribution in [0.1, 0.15) is 33.6 Å². The molecule has 0 bridgehead atoms. The van der Waals surface area contributed by atoms with Crippen LogP contribution in [0.2, 0.25) is 0 Å². The van der Waals surface area contributed by atoms with Gasteiger partial charge in [-0.05, 0) is 33.6 Å². The Hall–Kier alpha value is 0.900. The Labute approximate surface area is 107 Å². The van der Waals surface area contributed by atoms with E-state index in [0.717, 1.165) is 0 Å². The van der Waals surface area contributed by atoms with Gasteiger partial charge in [0.1, 0.15) is 0 Å². The topological polar surface area (TPSA) is 0 Å². The van der Waals surface area contributed by atoms with Crippen LogP contribution >= 0.6 is 46.4 Å². The van der Waals surface area contributed by atoms with Gasteiger partial charge in [-0.2, -0.15) is 0 Å². The first-order chi connectivity index (χ1) is 6.07. The fourth-order valence-corrected chi connectivity index (χ4v) is 1.30. The Morgan fingerprint density at radius 3 is 2.00 bits per heavy atom. The van der Waals surface area contributed by atoms with Crippen molar-refractivity contribution >= 4 is 46.4 Å². The molecular weight excluding hydrogens is 262 g/mol. The van der Waals surface area contributed by atoms with E-state index >= 15 is 0 Å². The van der Waals surface area contributed by atoms with Crippen LogP contribution in [0, 0.1) is 0 Å². The van der Waals surface area contributed by atoms with Gasteiger partial charge in [0, 0.05) is 5.03 Å². The molecule has 0 radical (unpaired) electrons. The number of allylic oxidation sites excluding steroid dienone is 1. The number of rotatable bonds is 5. The van der Waals surface area contributed by atoms with Gasteiger partial charge >= 0.3 is 0 Å². The molecule has 0 rings (SSSR count). The summed E-state index contributed by atoms with van der Waals surface area (Å²) in [4.78, 5) is -1.03. The van der Waals surface area contributed by atoms with Gasteiger partial charge in [-0.1, -0.05) is 18.2 Å². The first-order valence-electron chi connectivity index (χ1n) is 4.44. The molecule has 0 spiro atoms. The van der Waals surface area contributed by atoms with E-state index in [2.05, 4.69) is 6.58 Å². The van der Waals surface area contributed by atoms with Crippen LogP contribution in [0.5, 0.6) is 0 Å². The molecule has 4 heteroatoms. The zero-order chi connectivity index (χ0) is 11.6. The fourth-order valence-electron chi connectivity index (χ4n) is 0.877. The highest BCUT2D eigenvalue weighted by molar-refractivity contribution is 6.39.